The van der Waals surface area contributed by atoms with E-state index in [0.717, 1.165) is 0 Å². The van der Waals surface area contributed by atoms with Gasteiger partial charge in [-0.25, -0.2) is 0 Å². The fourth-order valence-corrected chi connectivity index (χ4v) is 1.83. The number of benzene rings is 1. The molecular formula is C11H11F3N2O. The van der Waals surface area contributed by atoms with E-state index in [2.05, 4.69) is 4.74 Å². The van der Waals surface area contributed by atoms with Crippen LogP contribution in [0.1, 0.15) is 18.4 Å². The van der Waals surface area contributed by atoms with Gasteiger partial charge in [0.1, 0.15) is 11.6 Å². The smallest absolute Gasteiger partial charge is 0.406 e. The summed E-state index contributed by atoms with van der Waals surface area (Å²) < 4.78 is 40.0. The summed E-state index contributed by atoms with van der Waals surface area (Å²) in [7, 11) is 0. The van der Waals surface area contributed by atoms with Crippen molar-refractivity contribution in [2.24, 2.45) is 5.73 Å². The van der Waals surface area contributed by atoms with Gasteiger partial charge in [0.05, 0.1) is 5.41 Å². The Bertz CT molecular complexity index is 452. The highest BCUT2D eigenvalue weighted by molar-refractivity contribution is 5.92. The van der Waals surface area contributed by atoms with Crippen LogP contribution in [0.15, 0.2) is 24.3 Å². The standard InChI is InChI=1S/C11H11F3N2O/c12-11(13,14)17-8-3-1-2-7(6-8)10(4-5-10)9(15)16/h1-3,6H,4-5H2,(H3,15,16). The molecule has 1 aliphatic carbocycles. The van der Waals surface area contributed by atoms with Crippen LogP contribution in [-0.4, -0.2) is 12.2 Å². The number of rotatable bonds is 3. The van der Waals surface area contributed by atoms with Crippen LogP contribution < -0.4 is 10.5 Å². The summed E-state index contributed by atoms with van der Waals surface area (Å²) in [5.74, 6) is -0.288. The molecule has 1 aliphatic rings. The van der Waals surface area contributed by atoms with Gasteiger partial charge < -0.3 is 10.5 Å². The number of amidine groups is 1. The lowest BCUT2D eigenvalue weighted by molar-refractivity contribution is -0.274. The molecule has 0 aromatic heterocycles. The molecule has 6 heteroatoms. The molecule has 0 amide bonds. The number of nitrogens with two attached hydrogens (primary N) is 1. The van der Waals surface area contributed by atoms with E-state index >= 15 is 0 Å². The Hall–Kier alpha value is -1.72. The lowest BCUT2D eigenvalue weighted by Gasteiger charge is -2.15. The van der Waals surface area contributed by atoms with Crippen LogP contribution in [0.25, 0.3) is 0 Å². The molecule has 0 atom stereocenters. The third-order valence-electron chi connectivity index (χ3n) is 2.89. The molecule has 1 fully saturated rings. The molecule has 0 saturated heterocycles. The monoisotopic (exact) mass is 244 g/mol. The van der Waals surface area contributed by atoms with Crippen molar-refractivity contribution in [1.29, 1.82) is 5.41 Å². The minimum absolute atomic E-state index is 0.0124. The number of nitrogens with one attached hydrogen (secondary N) is 1. The zero-order chi connectivity index (χ0) is 12.7. The topological polar surface area (TPSA) is 59.1 Å². The van der Waals surface area contributed by atoms with Crippen molar-refractivity contribution in [2.45, 2.75) is 24.6 Å². The van der Waals surface area contributed by atoms with E-state index in [0.29, 0.717) is 18.4 Å². The van der Waals surface area contributed by atoms with Gasteiger partial charge >= 0.3 is 6.36 Å². The Labute approximate surface area is 95.9 Å². The third kappa shape index (κ3) is 2.35. The lowest BCUT2D eigenvalue weighted by atomic mass is 9.95. The van der Waals surface area contributed by atoms with Gasteiger partial charge in [-0.15, -0.1) is 13.2 Å². The first-order valence-corrected chi connectivity index (χ1v) is 5.04. The fraction of sp³-hybridized carbons (Fsp3) is 0.364. The maximum atomic E-state index is 12.1. The molecule has 92 valence electrons. The Morgan fingerprint density at radius 3 is 2.47 bits per heavy atom. The maximum absolute atomic E-state index is 12.1. The molecule has 0 unspecified atom stereocenters. The SMILES string of the molecule is N=C(N)C1(c2cccc(OC(F)(F)F)c2)CC1. The number of hydrogen-bond acceptors (Lipinski definition) is 2. The van der Waals surface area contributed by atoms with E-state index < -0.39 is 11.8 Å². The minimum Gasteiger partial charge on any atom is -0.406 e. The van der Waals surface area contributed by atoms with Crippen molar-refractivity contribution in [1.82, 2.24) is 0 Å². The Kier molecular flexibility index (Phi) is 2.52. The van der Waals surface area contributed by atoms with E-state index in [-0.39, 0.29) is 11.6 Å². The van der Waals surface area contributed by atoms with Gasteiger partial charge in [-0.05, 0) is 30.5 Å². The molecule has 0 heterocycles. The fourth-order valence-electron chi connectivity index (χ4n) is 1.83. The first-order valence-electron chi connectivity index (χ1n) is 5.04. The molecule has 0 aliphatic heterocycles. The third-order valence-corrected chi connectivity index (χ3v) is 2.89. The Morgan fingerprint density at radius 2 is 2.00 bits per heavy atom. The average Bonchev–Trinajstić information content (AvgIpc) is 2.95. The largest absolute Gasteiger partial charge is 0.573 e. The Morgan fingerprint density at radius 1 is 1.35 bits per heavy atom. The highest BCUT2D eigenvalue weighted by Gasteiger charge is 2.47. The van der Waals surface area contributed by atoms with Gasteiger partial charge in [0.25, 0.3) is 0 Å². The second kappa shape index (κ2) is 3.65. The number of ether oxygens (including phenoxy) is 1. The zero-order valence-corrected chi connectivity index (χ0v) is 8.84. The Balaban J connectivity index is 2.27. The van der Waals surface area contributed by atoms with Gasteiger partial charge in [-0.1, -0.05) is 12.1 Å². The summed E-state index contributed by atoms with van der Waals surface area (Å²) in [5, 5.41) is 7.46. The minimum atomic E-state index is -4.70. The molecule has 1 aromatic carbocycles. The van der Waals surface area contributed by atoms with E-state index in [9.17, 15) is 13.2 Å². The highest BCUT2D eigenvalue weighted by atomic mass is 19.4. The second-order valence-corrected chi connectivity index (χ2v) is 4.07. The molecule has 0 radical (unpaired) electrons. The zero-order valence-electron chi connectivity index (χ0n) is 8.84. The van der Waals surface area contributed by atoms with Crippen LogP contribution in [0.2, 0.25) is 0 Å². The van der Waals surface area contributed by atoms with Gasteiger partial charge in [0.2, 0.25) is 0 Å². The summed E-state index contributed by atoms with van der Waals surface area (Å²) in [4.78, 5) is 0. The quantitative estimate of drug-likeness (QED) is 0.634. The normalized spacial score (nSPS) is 17.6. The molecule has 17 heavy (non-hydrogen) atoms. The average molecular weight is 244 g/mol. The van der Waals surface area contributed by atoms with E-state index in [1.807, 2.05) is 0 Å². The van der Waals surface area contributed by atoms with E-state index in [1.54, 1.807) is 6.07 Å². The van der Waals surface area contributed by atoms with Gasteiger partial charge in [0, 0.05) is 0 Å². The summed E-state index contributed by atoms with van der Waals surface area (Å²) in [5.41, 5.74) is 5.49. The van der Waals surface area contributed by atoms with Crippen LogP contribution >= 0.6 is 0 Å². The predicted octanol–water partition coefficient (Wildman–Crippen LogP) is 2.55. The van der Waals surface area contributed by atoms with Crippen molar-refractivity contribution in [3.05, 3.63) is 29.8 Å². The summed E-state index contributed by atoms with van der Waals surface area (Å²) in [6, 6.07) is 5.66. The van der Waals surface area contributed by atoms with Crippen molar-refractivity contribution in [2.75, 3.05) is 0 Å². The first-order chi connectivity index (χ1) is 7.83. The molecule has 0 bridgehead atoms. The number of halogens is 3. The van der Waals surface area contributed by atoms with Crippen LogP contribution in [0.3, 0.4) is 0 Å². The molecule has 2 rings (SSSR count). The molecule has 0 spiro atoms. The molecular weight excluding hydrogens is 233 g/mol. The highest BCUT2D eigenvalue weighted by Crippen LogP contribution is 2.48. The van der Waals surface area contributed by atoms with Crippen molar-refractivity contribution in [3.8, 4) is 5.75 Å². The molecule has 3 nitrogen and oxygen atoms in total. The second-order valence-electron chi connectivity index (χ2n) is 4.07. The first kappa shape index (κ1) is 11.8. The summed E-state index contributed by atoms with van der Waals surface area (Å²) in [6.45, 7) is 0. The maximum Gasteiger partial charge on any atom is 0.573 e. The lowest BCUT2D eigenvalue weighted by Crippen LogP contribution is -2.27. The van der Waals surface area contributed by atoms with Crippen LogP contribution in [0.5, 0.6) is 5.75 Å². The predicted molar refractivity (Wildman–Crippen MR) is 56.0 cm³/mol. The van der Waals surface area contributed by atoms with E-state index in [4.69, 9.17) is 11.1 Å². The van der Waals surface area contributed by atoms with Gasteiger partial charge in [-0.2, -0.15) is 0 Å². The van der Waals surface area contributed by atoms with Crippen LogP contribution in [-0.2, 0) is 5.41 Å². The van der Waals surface area contributed by atoms with Crippen molar-refractivity contribution >= 4 is 5.84 Å². The summed E-state index contributed by atoms with van der Waals surface area (Å²) in [6.07, 6.45) is -3.32. The molecule has 1 aromatic rings. The van der Waals surface area contributed by atoms with Gasteiger partial charge in [0.15, 0.2) is 0 Å². The number of alkyl halides is 3. The van der Waals surface area contributed by atoms with Gasteiger partial charge in [-0.3, -0.25) is 5.41 Å². The van der Waals surface area contributed by atoms with E-state index in [1.165, 1.54) is 18.2 Å². The molecule has 1 saturated carbocycles. The van der Waals surface area contributed by atoms with Crippen molar-refractivity contribution < 1.29 is 17.9 Å². The summed E-state index contributed by atoms with van der Waals surface area (Å²) >= 11 is 0. The number of hydrogen-bond donors (Lipinski definition) is 2. The van der Waals surface area contributed by atoms with Crippen molar-refractivity contribution in [3.63, 3.8) is 0 Å². The van der Waals surface area contributed by atoms with Crippen LogP contribution in [0.4, 0.5) is 13.2 Å². The van der Waals surface area contributed by atoms with Crippen LogP contribution in [0, 0.1) is 5.41 Å². The molecule has 3 N–H and O–H groups in total.